The van der Waals surface area contributed by atoms with Gasteiger partial charge in [-0.25, -0.2) is 0 Å². The third kappa shape index (κ3) is 2.50. The minimum atomic E-state index is -0.0597. The molecule has 4 heteroatoms. The van der Waals surface area contributed by atoms with Gasteiger partial charge in [0.15, 0.2) is 0 Å². The van der Waals surface area contributed by atoms with Crippen LogP contribution in [0.3, 0.4) is 0 Å². The van der Waals surface area contributed by atoms with Crippen LogP contribution in [0.25, 0.3) is 10.9 Å². The van der Waals surface area contributed by atoms with Crippen molar-refractivity contribution in [1.29, 1.82) is 0 Å². The zero-order chi connectivity index (χ0) is 16.7. The Morgan fingerprint density at radius 3 is 2.67 bits per heavy atom. The number of amides is 1. The van der Waals surface area contributed by atoms with Gasteiger partial charge in [-0.05, 0) is 60.2 Å². The second-order valence-electron chi connectivity index (χ2n) is 6.33. The summed E-state index contributed by atoms with van der Waals surface area (Å²) in [5.41, 5.74) is 4.57. The minimum absolute atomic E-state index is 0.0544. The number of rotatable bonds is 1. The summed E-state index contributed by atoms with van der Waals surface area (Å²) in [6.45, 7) is 3.11. The molecule has 3 aromatic rings. The molecule has 0 atom stereocenters. The highest BCUT2D eigenvalue weighted by Gasteiger charge is 2.22. The van der Waals surface area contributed by atoms with Gasteiger partial charge in [-0.3, -0.25) is 9.59 Å². The number of hydrogen-bond donors (Lipinski definition) is 1. The van der Waals surface area contributed by atoms with Crippen molar-refractivity contribution >= 4 is 16.8 Å². The number of hydrogen-bond acceptors (Lipinski definition) is 2. The highest BCUT2D eigenvalue weighted by molar-refractivity contribution is 5.94. The molecule has 1 aromatic heterocycles. The quantitative estimate of drug-likeness (QED) is 0.750. The first-order valence-corrected chi connectivity index (χ1v) is 8.11. The molecule has 2 aromatic carbocycles. The fourth-order valence-corrected chi connectivity index (χ4v) is 3.31. The van der Waals surface area contributed by atoms with Crippen LogP contribution in [0.4, 0.5) is 0 Å². The van der Waals surface area contributed by atoms with E-state index in [1.54, 1.807) is 0 Å². The zero-order valence-corrected chi connectivity index (χ0v) is 13.5. The van der Waals surface area contributed by atoms with E-state index in [1.807, 2.05) is 54.3 Å². The van der Waals surface area contributed by atoms with E-state index in [0.717, 1.165) is 28.5 Å². The van der Waals surface area contributed by atoms with Crippen LogP contribution >= 0.6 is 0 Å². The first kappa shape index (κ1) is 14.7. The number of benzene rings is 2. The molecule has 0 saturated carbocycles. The van der Waals surface area contributed by atoms with E-state index in [-0.39, 0.29) is 11.5 Å². The molecule has 0 bridgehead atoms. The Kier molecular flexibility index (Phi) is 3.45. The van der Waals surface area contributed by atoms with Crippen molar-refractivity contribution in [2.75, 3.05) is 6.54 Å². The Morgan fingerprint density at radius 1 is 1.08 bits per heavy atom. The topological polar surface area (TPSA) is 53.2 Å². The summed E-state index contributed by atoms with van der Waals surface area (Å²) < 4.78 is 0. The van der Waals surface area contributed by atoms with E-state index in [9.17, 15) is 9.59 Å². The van der Waals surface area contributed by atoms with Crippen LogP contribution in [0.2, 0.25) is 0 Å². The summed E-state index contributed by atoms with van der Waals surface area (Å²) in [7, 11) is 0. The number of fused-ring (bicyclic) bond motifs is 2. The lowest BCUT2D eigenvalue weighted by Gasteiger charge is -2.29. The Balaban J connectivity index is 1.69. The molecule has 2 heterocycles. The first-order chi connectivity index (χ1) is 11.6. The number of nitrogens with zero attached hydrogens (tertiary/aromatic N) is 1. The van der Waals surface area contributed by atoms with Crippen LogP contribution in [-0.2, 0) is 13.0 Å². The maximum Gasteiger partial charge on any atom is 0.254 e. The Bertz CT molecular complexity index is 990. The van der Waals surface area contributed by atoms with E-state index < -0.39 is 0 Å². The third-order valence-electron chi connectivity index (χ3n) is 4.67. The SMILES string of the molecule is Cc1cc2cc3c(cc2[nH]c1=O)CN(C(=O)c1ccccc1)CC3. The summed E-state index contributed by atoms with van der Waals surface area (Å²) in [5.74, 6) is 0.0544. The first-order valence-electron chi connectivity index (χ1n) is 8.11. The number of H-pyrrole nitrogens is 1. The van der Waals surface area contributed by atoms with Gasteiger partial charge in [-0.1, -0.05) is 18.2 Å². The van der Waals surface area contributed by atoms with Gasteiger partial charge in [-0.2, -0.15) is 0 Å². The second-order valence-corrected chi connectivity index (χ2v) is 6.33. The van der Waals surface area contributed by atoms with Gasteiger partial charge in [0.2, 0.25) is 0 Å². The maximum atomic E-state index is 12.6. The molecule has 0 radical (unpaired) electrons. The van der Waals surface area contributed by atoms with Gasteiger partial charge in [-0.15, -0.1) is 0 Å². The molecule has 0 unspecified atom stereocenters. The Morgan fingerprint density at radius 2 is 1.88 bits per heavy atom. The molecule has 4 nitrogen and oxygen atoms in total. The van der Waals surface area contributed by atoms with Crippen molar-refractivity contribution < 1.29 is 4.79 Å². The molecular weight excluding hydrogens is 300 g/mol. The summed E-state index contributed by atoms with van der Waals surface area (Å²) in [6, 6.07) is 15.4. The molecule has 1 aliphatic rings. The van der Waals surface area contributed by atoms with Gasteiger partial charge in [0.05, 0.1) is 0 Å². The number of aryl methyl sites for hydroxylation is 1. The molecule has 1 aliphatic heterocycles. The van der Waals surface area contributed by atoms with Crippen molar-refractivity contribution in [2.45, 2.75) is 19.9 Å². The standard InChI is InChI=1S/C20H18N2O2/c1-13-9-16-10-15-7-8-22(20(24)14-5-3-2-4-6-14)12-17(15)11-18(16)21-19(13)23/h2-6,9-11H,7-8,12H2,1H3,(H,21,23). The highest BCUT2D eigenvalue weighted by Crippen LogP contribution is 2.25. The van der Waals surface area contributed by atoms with Crippen molar-refractivity contribution in [1.82, 2.24) is 9.88 Å². The van der Waals surface area contributed by atoms with Crippen molar-refractivity contribution in [3.63, 3.8) is 0 Å². The zero-order valence-electron chi connectivity index (χ0n) is 13.5. The molecule has 120 valence electrons. The van der Waals surface area contributed by atoms with Crippen LogP contribution in [0.5, 0.6) is 0 Å². The molecule has 24 heavy (non-hydrogen) atoms. The highest BCUT2D eigenvalue weighted by atomic mass is 16.2. The van der Waals surface area contributed by atoms with E-state index in [2.05, 4.69) is 11.1 Å². The number of nitrogens with one attached hydrogen (secondary N) is 1. The molecule has 1 amide bonds. The van der Waals surface area contributed by atoms with Crippen molar-refractivity contribution in [3.05, 3.63) is 81.1 Å². The van der Waals surface area contributed by atoms with Gasteiger partial charge < -0.3 is 9.88 Å². The predicted molar refractivity (Wildman–Crippen MR) is 94.2 cm³/mol. The summed E-state index contributed by atoms with van der Waals surface area (Å²) in [5, 5.41) is 1.05. The lowest BCUT2D eigenvalue weighted by Crippen LogP contribution is -2.36. The van der Waals surface area contributed by atoms with E-state index in [0.29, 0.717) is 18.7 Å². The summed E-state index contributed by atoms with van der Waals surface area (Å²) in [4.78, 5) is 29.3. The molecular formula is C20H18N2O2. The number of carbonyl (C=O) groups is 1. The molecule has 0 aliphatic carbocycles. The van der Waals surface area contributed by atoms with Crippen molar-refractivity contribution in [2.24, 2.45) is 0 Å². The average molecular weight is 318 g/mol. The average Bonchev–Trinajstić information content (AvgIpc) is 2.61. The van der Waals surface area contributed by atoms with E-state index >= 15 is 0 Å². The lowest BCUT2D eigenvalue weighted by molar-refractivity contribution is 0.0735. The molecule has 4 rings (SSSR count). The molecule has 0 spiro atoms. The van der Waals surface area contributed by atoms with E-state index in [1.165, 1.54) is 5.56 Å². The van der Waals surface area contributed by atoms with Gasteiger partial charge in [0, 0.05) is 29.7 Å². The molecule has 0 saturated heterocycles. The second kappa shape index (κ2) is 5.64. The fourth-order valence-electron chi connectivity index (χ4n) is 3.31. The smallest absolute Gasteiger partial charge is 0.254 e. The van der Waals surface area contributed by atoms with Gasteiger partial charge in [0.1, 0.15) is 0 Å². The minimum Gasteiger partial charge on any atom is -0.334 e. The molecule has 1 N–H and O–H groups in total. The monoisotopic (exact) mass is 318 g/mol. The van der Waals surface area contributed by atoms with Gasteiger partial charge in [0.25, 0.3) is 11.5 Å². The summed E-state index contributed by atoms with van der Waals surface area (Å²) >= 11 is 0. The van der Waals surface area contributed by atoms with Crippen LogP contribution < -0.4 is 5.56 Å². The van der Waals surface area contributed by atoms with Gasteiger partial charge >= 0.3 is 0 Å². The number of carbonyl (C=O) groups excluding carboxylic acids is 1. The maximum absolute atomic E-state index is 12.6. The van der Waals surface area contributed by atoms with Crippen LogP contribution in [0, 0.1) is 6.92 Å². The predicted octanol–water partition coefficient (Wildman–Crippen LogP) is 3.04. The normalized spacial score (nSPS) is 13.8. The van der Waals surface area contributed by atoms with Crippen LogP contribution in [0.15, 0.2) is 53.3 Å². The Hall–Kier alpha value is -2.88. The van der Waals surface area contributed by atoms with Crippen LogP contribution in [-0.4, -0.2) is 22.3 Å². The summed E-state index contributed by atoms with van der Waals surface area (Å²) in [6.07, 6.45) is 0.835. The third-order valence-corrected chi connectivity index (χ3v) is 4.67. The Labute approximate surface area is 139 Å². The van der Waals surface area contributed by atoms with Crippen LogP contribution in [0.1, 0.15) is 27.0 Å². The number of pyridine rings is 1. The fraction of sp³-hybridized carbons (Fsp3) is 0.200. The number of aromatic amines is 1. The lowest BCUT2D eigenvalue weighted by atomic mass is 9.96. The van der Waals surface area contributed by atoms with Crippen molar-refractivity contribution in [3.8, 4) is 0 Å². The number of aromatic nitrogens is 1. The largest absolute Gasteiger partial charge is 0.334 e. The molecule has 0 fully saturated rings. The van der Waals surface area contributed by atoms with E-state index in [4.69, 9.17) is 0 Å².